The summed E-state index contributed by atoms with van der Waals surface area (Å²) in [7, 11) is 0. The van der Waals surface area contributed by atoms with Crippen molar-refractivity contribution >= 4 is 40.5 Å². The minimum atomic E-state index is -0.324. The van der Waals surface area contributed by atoms with E-state index in [1.807, 2.05) is 41.1 Å². The van der Waals surface area contributed by atoms with Gasteiger partial charge in [0.05, 0.1) is 17.1 Å². The molecule has 3 aromatic rings. The van der Waals surface area contributed by atoms with E-state index in [4.69, 9.17) is 5.10 Å². The average Bonchev–Trinajstić information content (AvgIpc) is 3.31. The molecule has 1 aliphatic heterocycles. The molecular weight excluding hydrogens is 386 g/mol. The van der Waals surface area contributed by atoms with Gasteiger partial charge in [0.15, 0.2) is 0 Å². The molecule has 0 fully saturated rings. The maximum absolute atomic E-state index is 12.5. The molecule has 0 aliphatic carbocycles. The molecule has 8 heteroatoms. The van der Waals surface area contributed by atoms with Gasteiger partial charge in [0.2, 0.25) is 5.91 Å². The Labute approximate surface area is 173 Å². The second-order valence-electron chi connectivity index (χ2n) is 8.06. The molecule has 1 aromatic carbocycles. The first-order chi connectivity index (χ1) is 13.8. The number of aryl methyl sites for hydroxylation is 1. The Morgan fingerprint density at radius 2 is 2.00 bits per heavy atom. The number of nitrogens with zero attached hydrogens (tertiary/aromatic N) is 2. The molecular formula is C21H23N5O2S. The monoisotopic (exact) mass is 409 g/mol. The molecule has 0 saturated carbocycles. The van der Waals surface area contributed by atoms with Gasteiger partial charge in [-0.15, -0.1) is 0 Å². The van der Waals surface area contributed by atoms with Crippen molar-refractivity contribution in [1.29, 1.82) is 0 Å². The number of rotatable bonds is 3. The predicted octanol–water partition coefficient (Wildman–Crippen LogP) is 4.76. The van der Waals surface area contributed by atoms with E-state index < -0.39 is 0 Å². The number of thiophene rings is 1. The first kappa shape index (κ1) is 19.2. The summed E-state index contributed by atoms with van der Waals surface area (Å²) in [4.78, 5) is 24.1. The Balaban J connectivity index is 1.67. The fourth-order valence-electron chi connectivity index (χ4n) is 3.15. The second-order valence-corrected chi connectivity index (χ2v) is 8.84. The van der Waals surface area contributed by atoms with E-state index >= 15 is 0 Å². The molecule has 0 atom stereocenters. The zero-order valence-electron chi connectivity index (χ0n) is 16.6. The fourth-order valence-corrected chi connectivity index (χ4v) is 3.74. The molecule has 1 aliphatic rings. The number of amides is 3. The molecule has 3 N–H and O–H groups in total. The van der Waals surface area contributed by atoms with Crippen LogP contribution in [-0.4, -0.2) is 21.7 Å². The van der Waals surface area contributed by atoms with Gasteiger partial charge in [0.1, 0.15) is 5.82 Å². The third-order valence-electron chi connectivity index (χ3n) is 4.73. The quantitative estimate of drug-likeness (QED) is 0.583. The summed E-state index contributed by atoms with van der Waals surface area (Å²) in [5.41, 5.74) is 4.17. The maximum Gasteiger partial charge on any atom is 0.324 e. The van der Waals surface area contributed by atoms with Gasteiger partial charge < -0.3 is 10.6 Å². The lowest BCUT2D eigenvalue weighted by atomic mass is 9.92. The highest BCUT2D eigenvalue weighted by Gasteiger charge is 2.22. The number of carbonyl (C=O) groups excluding carboxylic acids is 2. The van der Waals surface area contributed by atoms with Gasteiger partial charge in [-0.25, -0.2) is 9.48 Å². The molecule has 2 aromatic heterocycles. The van der Waals surface area contributed by atoms with Crippen LogP contribution in [0.4, 0.5) is 22.0 Å². The summed E-state index contributed by atoms with van der Waals surface area (Å²) in [5, 5.41) is 17.2. The summed E-state index contributed by atoms with van der Waals surface area (Å²) in [6.07, 6.45) is 1.15. The second kappa shape index (κ2) is 7.36. The number of anilines is 3. The number of fused-ring (bicyclic) bond motifs is 1. The highest BCUT2D eigenvalue weighted by Crippen LogP contribution is 2.29. The maximum atomic E-state index is 12.5. The molecule has 0 saturated heterocycles. The third-order valence-corrected chi connectivity index (χ3v) is 5.41. The molecule has 3 heterocycles. The van der Waals surface area contributed by atoms with Gasteiger partial charge in [-0.2, -0.15) is 16.4 Å². The zero-order valence-corrected chi connectivity index (χ0v) is 17.4. The Morgan fingerprint density at radius 3 is 2.72 bits per heavy atom. The molecule has 0 radical (unpaired) electrons. The van der Waals surface area contributed by atoms with E-state index in [2.05, 4.69) is 36.7 Å². The molecule has 29 heavy (non-hydrogen) atoms. The molecule has 0 spiro atoms. The highest BCUT2D eigenvalue weighted by molar-refractivity contribution is 7.08. The van der Waals surface area contributed by atoms with Crippen LogP contribution in [0.5, 0.6) is 0 Å². The van der Waals surface area contributed by atoms with Gasteiger partial charge >= 0.3 is 6.03 Å². The Morgan fingerprint density at radius 1 is 1.17 bits per heavy atom. The lowest BCUT2D eigenvalue weighted by Crippen LogP contribution is -2.21. The summed E-state index contributed by atoms with van der Waals surface area (Å²) < 4.78 is 1.74. The van der Waals surface area contributed by atoms with Crippen molar-refractivity contribution < 1.29 is 9.59 Å². The molecule has 0 unspecified atom stereocenters. The Bertz CT molecular complexity index is 1060. The summed E-state index contributed by atoms with van der Waals surface area (Å²) in [6.45, 7) is 6.24. The van der Waals surface area contributed by atoms with E-state index in [1.54, 1.807) is 4.68 Å². The van der Waals surface area contributed by atoms with Gasteiger partial charge in [-0.1, -0.05) is 20.8 Å². The van der Waals surface area contributed by atoms with Crippen molar-refractivity contribution in [1.82, 2.24) is 9.78 Å². The van der Waals surface area contributed by atoms with Crippen LogP contribution in [0.15, 0.2) is 41.1 Å². The van der Waals surface area contributed by atoms with Crippen LogP contribution in [0, 0.1) is 0 Å². The number of hydrogen-bond donors (Lipinski definition) is 3. The van der Waals surface area contributed by atoms with Crippen LogP contribution >= 0.6 is 11.3 Å². The number of urea groups is 1. The topological polar surface area (TPSA) is 88.0 Å². The zero-order chi connectivity index (χ0) is 20.6. The van der Waals surface area contributed by atoms with E-state index in [0.717, 1.165) is 28.3 Å². The molecule has 0 bridgehead atoms. The van der Waals surface area contributed by atoms with Crippen molar-refractivity contribution in [2.75, 3.05) is 16.0 Å². The van der Waals surface area contributed by atoms with Crippen LogP contribution in [0.3, 0.4) is 0 Å². The van der Waals surface area contributed by atoms with Crippen LogP contribution in [0.2, 0.25) is 0 Å². The summed E-state index contributed by atoms with van der Waals surface area (Å²) in [5.74, 6) is 0.620. The van der Waals surface area contributed by atoms with E-state index in [0.29, 0.717) is 18.7 Å². The van der Waals surface area contributed by atoms with Crippen LogP contribution in [-0.2, 0) is 16.6 Å². The number of aromatic nitrogens is 2. The van der Waals surface area contributed by atoms with E-state index in [9.17, 15) is 9.59 Å². The van der Waals surface area contributed by atoms with Crippen molar-refractivity contribution in [3.8, 4) is 5.69 Å². The first-order valence-corrected chi connectivity index (χ1v) is 10.4. The van der Waals surface area contributed by atoms with Gasteiger partial charge in [-0.3, -0.25) is 10.1 Å². The van der Waals surface area contributed by atoms with Crippen molar-refractivity contribution in [3.63, 3.8) is 0 Å². The van der Waals surface area contributed by atoms with Gasteiger partial charge in [-0.05, 0) is 41.6 Å². The SMILES string of the molecule is CC(C)(C)c1cc(NC(=O)Nc2ccsc2)n(-c2ccc3c(c2)CCC(=O)N3)n1. The molecule has 3 amide bonds. The minimum Gasteiger partial charge on any atom is -0.326 e. The number of carbonyl (C=O) groups is 2. The van der Waals surface area contributed by atoms with E-state index in [-0.39, 0.29) is 17.4 Å². The minimum absolute atomic E-state index is 0.0341. The summed E-state index contributed by atoms with van der Waals surface area (Å²) in [6, 6.07) is 9.21. The van der Waals surface area contributed by atoms with Crippen molar-refractivity contribution in [2.24, 2.45) is 0 Å². The lowest BCUT2D eigenvalue weighted by molar-refractivity contribution is -0.116. The number of benzene rings is 1. The third kappa shape index (κ3) is 4.17. The number of hydrogen-bond acceptors (Lipinski definition) is 4. The molecule has 7 nitrogen and oxygen atoms in total. The predicted molar refractivity (Wildman–Crippen MR) is 116 cm³/mol. The standard InChI is InChI=1S/C21H23N5O2S/c1-21(2,3)17-11-18(24-20(28)22-14-8-9-29-12-14)26(25-17)15-5-6-16-13(10-15)4-7-19(27)23-16/h5-6,8-12H,4,7H2,1-3H3,(H,23,27)(H2,22,24,28). The Hall–Kier alpha value is -3.13. The summed E-state index contributed by atoms with van der Waals surface area (Å²) >= 11 is 1.52. The average molecular weight is 410 g/mol. The smallest absolute Gasteiger partial charge is 0.324 e. The van der Waals surface area contributed by atoms with Crippen molar-refractivity contribution in [2.45, 2.75) is 39.0 Å². The largest absolute Gasteiger partial charge is 0.326 e. The molecule has 150 valence electrons. The van der Waals surface area contributed by atoms with Crippen LogP contribution in [0.1, 0.15) is 38.4 Å². The van der Waals surface area contributed by atoms with Crippen LogP contribution < -0.4 is 16.0 Å². The van der Waals surface area contributed by atoms with Crippen LogP contribution in [0.25, 0.3) is 5.69 Å². The normalized spacial score (nSPS) is 13.6. The lowest BCUT2D eigenvalue weighted by Gasteiger charge is -2.18. The van der Waals surface area contributed by atoms with Crippen molar-refractivity contribution in [3.05, 3.63) is 52.3 Å². The number of nitrogens with one attached hydrogen (secondary N) is 3. The Kier molecular flexibility index (Phi) is 4.87. The van der Waals surface area contributed by atoms with E-state index in [1.165, 1.54) is 11.3 Å². The van der Waals surface area contributed by atoms with Gasteiger partial charge in [0, 0.05) is 29.0 Å². The molecule has 4 rings (SSSR count). The highest BCUT2D eigenvalue weighted by atomic mass is 32.1. The van der Waals surface area contributed by atoms with Gasteiger partial charge in [0.25, 0.3) is 0 Å². The fraction of sp³-hybridized carbons (Fsp3) is 0.286. The first-order valence-electron chi connectivity index (χ1n) is 9.43.